The van der Waals surface area contributed by atoms with Gasteiger partial charge in [0, 0.05) is 38.3 Å². The number of halogens is 4. The molecule has 3 heterocycles. The number of pyridine rings is 1. The molecule has 2 aliphatic heterocycles. The Balaban J connectivity index is 1.24. The van der Waals surface area contributed by atoms with Crippen molar-refractivity contribution in [2.45, 2.75) is 37.6 Å². The van der Waals surface area contributed by atoms with Gasteiger partial charge in [-0.1, -0.05) is 11.1 Å². The first-order chi connectivity index (χ1) is 19.1. The molecule has 0 radical (unpaired) electrons. The van der Waals surface area contributed by atoms with Crippen molar-refractivity contribution in [2.75, 3.05) is 37.9 Å². The third kappa shape index (κ3) is 8.26. The number of piperidine rings is 1. The van der Waals surface area contributed by atoms with E-state index in [-0.39, 0.29) is 36.6 Å². The lowest BCUT2D eigenvalue weighted by atomic mass is 10.1. The average molecular weight is 569 g/mol. The van der Waals surface area contributed by atoms with E-state index in [1.165, 1.54) is 18.3 Å². The van der Waals surface area contributed by atoms with Crippen molar-refractivity contribution in [3.05, 3.63) is 70.3 Å². The van der Waals surface area contributed by atoms with Gasteiger partial charge in [0.15, 0.2) is 6.17 Å². The molecule has 2 fully saturated rings. The molecule has 11 nitrogen and oxygen atoms in total. The number of hydrogen-bond acceptors (Lipinski definition) is 10. The second kappa shape index (κ2) is 12.9. The maximum absolute atomic E-state index is 14.9. The fraction of sp³-hybridized carbons (Fsp3) is 0.440. The Kier molecular flexibility index (Phi) is 9.37. The van der Waals surface area contributed by atoms with E-state index in [9.17, 15) is 27.7 Å². The molecule has 1 N–H and O–H groups in total. The zero-order valence-electron chi connectivity index (χ0n) is 21.3. The van der Waals surface area contributed by atoms with Crippen LogP contribution in [0.5, 0.6) is 11.5 Å². The maximum atomic E-state index is 14.9. The molecular weight excluding hydrogens is 540 g/mol. The quantitative estimate of drug-likeness (QED) is 0.199. The summed E-state index contributed by atoms with van der Waals surface area (Å²) in [6.07, 6.45) is -3.52. The van der Waals surface area contributed by atoms with Crippen molar-refractivity contribution in [1.82, 2.24) is 15.2 Å². The molecule has 2 saturated heterocycles. The first-order valence-electron chi connectivity index (χ1n) is 12.3. The highest BCUT2D eigenvalue weighted by atomic mass is 19.4. The fourth-order valence-electron chi connectivity index (χ4n) is 4.31. The molecule has 40 heavy (non-hydrogen) atoms. The number of alkyl halides is 4. The van der Waals surface area contributed by atoms with E-state index in [0.29, 0.717) is 38.5 Å². The lowest BCUT2D eigenvalue weighted by molar-refractivity contribution is -0.427. The van der Waals surface area contributed by atoms with E-state index in [2.05, 4.69) is 26.7 Å². The molecule has 0 amide bonds. The molecule has 1 aromatic heterocycles. The van der Waals surface area contributed by atoms with Crippen LogP contribution in [0, 0.1) is 10.1 Å². The minimum atomic E-state index is -4.79. The minimum Gasteiger partial charge on any atom is -0.487 e. The SMILES string of the molecule is C=N/C(=C\N1COCC(NCc2ccc(N3CCC(Oc4ccc(OC(F)(F)F)cc4)C(F)C3)nc2)C1)[N+](=O)[O-]. The largest absolute Gasteiger partial charge is 0.573 e. The van der Waals surface area contributed by atoms with Crippen LogP contribution in [-0.4, -0.2) is 79.2 Å². The second-order valence-electron chi connectivity index (χ2n) is 9.20. The van der Waals surface area contributed by atoms with Crippen molar-refractivity contribution < 1.29 is 36.7 Å². The molecule has 1 aromatic carbocycles. The molecule has 3 unspecified atom stereocenters. The number of nitrogens with one attached hydrogen (secondary N) is 1. The molecule has 3 atom stereocenters. The van der Waals surface area contributed by atoms with E-state index >= 15 is 0 Å². The van der Waals surface area contributed by atoms with Crippen LogP contribution in [-0.2, 0) is 11.3 Å². The third-order valence-electron chi connectivity index (χ3n) is 6.23. The highest BCUT2D eigenvalue weighted by Crippen LogP contribution is 2.28. The predicted molar refractivity (Wildman–Crippen MR) is 136 cm³/mol. The highest BCUT2D eigenvalue weighted by molar-refractivity contribution is 5.40. The van der Waals surface area contributed by atoms with Crippen LogP contribution in [0.2, 0.25) is 0 Å². The normalized spacial score (nSPS) is 22.1. The maximum Gasteiger partial charge on any atom is 0.573 e. The van der Waals surface area contributed by atoms with Crippen LogP contribution < -0.4 is 19.7 Å². The number of benzene rings is 1. The fourth-order valence-corrected chi connectivity index (χ4v) is 4.31. The molecule has 4 rings (SSSR count). The Hall–Kier alpha value is -3.98. The van der Waals surface area contributed by atoms with Crippen molar-refractivity contribution in [3.63, 3.8) is 0 Å². The van der Waals surface area contributed by atoms with Gasteiger partial charge in [0.2, 0.25) is 0 Å². The summed E-state index contributed by atoms with van der Waals surface area (Å²) >= 11 is 0. The lowest BCUT2D eigenvalue weighted by Gasteiger charge is -2.35. The summed E-state index contributed by atoms with van der Waals surface area (Å²) in [7, 11) is 0. The van der Waals surface area contributed by atoms with E-state index in [4.69, 9.17) is 9.47 Å². The van der Waals surface area contributed by atoms with Crippen LogP contribution in [0.25, 0.3) is 0 Å². The minimum absolute atomic E-state index is 0.0546. The van der Waals surface area contributed by atoms with Crippen molar-refractivity contribution in [1.29, 1.82) is 0 Å². The van der Waals surface area contributed by atoms with Gasteiger partial charge in [-0.15, -0.1) is 13.2 Å². The zero-order chi connectivity index (χ0) is 28.7. The molecule has 2 aromatic rings. The van der Waals surface area contributed by atoms with Crippen molar-refractivity contribution in [2.24, 2.45) is 4.99 Å². The number of nitrogens with zero attached hydrogens (tertiary/aromatic N) is 5. The molecule has 0 aliphatic carbocycles. The van der Waals surface area contributed by atoms with E-state index < -0.39 is 23.6 Å². The van der Waals surface area contributed by atoms with Gasteiger partial charge in [-0.25, -0.2) is 9.37 Å². The number of aliphatic imine (C=N–C) groups is 1. The van der Waals surface area contributed by atoms with Gasteiger partial charge in [0.05, 0.1) is 13.2 Å². The summed E-state index contributed by atoms with van der Waals surface area (Å²) in [4.78, 5) is 21.6. The van der Waals surface area contributed by atoms with Crippen molar-refractivity contribution in [3.8, 4) is 11.5 Å². The van der Waals surface area contributed by atoms with Crippen LogP contribution in [0.3, 0.4) is 0 Å². The van der Waals surface area contributed by atoms with Gasteiger partial charge in [0.1, 0.15) is 43.1 Å². The molecule has 15 heteroatoms. The number of aromatic nitrogens is 1. The van der Waals surface area contributed by atoms with E-state index in [1.54, 1.807) is 17.2 Å². The molecule has 0 saturated carbocycles. The number of nitro groups is 1. The summed E-state index contributed by atoms with van der Waals surface area (Å²) in [6, 6.07) is 8.45. The summed E-state index contributed by atoms with van der Waals surface area (Å²) < 4.78 is 66.9. The number of ether oxygens (including phenoxy) is 3. The van der Waals surface area contributed by atoms with Gasteiger partial charge >= 0.3 is 12.2 Å². The smallest absolute Gasteiger partial charge is 0.487 e. The van der Waals surface area contributed by atoms with Crippen LogP contribution in [0.15, 0.2) is 59.6 Å². The van der Waals surface area contributed by atoms with Gasteiger partial charge < -0.3 is 39.4 Å². The van der Waals surface area contributed by atoms with E-state index in [1.807, 2.05) is 11.0 Å². The van der Waals surface area contributed by atoms with Crippen LogP contribution in [0.1, 0.15) is 12.0 Å². The first kappa shape index (κ1) is 29.0. The summed E-state index contributed by atoms with van der Waals surface area (Å²) in [5, 5.41) is 14.3. The molecule has 216 valence electrons. The standard InChI is InChI=1S/C25H28F4N6O5/c1-30-24(35(36)37)14-33-12-18(15-38-16-33)31-10-17-2-7-23(32-11-17)34-9-8-22(21(26)13-34)39-19-3-5-20(6-4-19)40-25(27,28)29/h2-7,11,14,18,21-22,31H,1,8-10,12-13,15-16H2/b24-14+. The molecule has 0 spiro atoms. The molecular formula is C25H28F4N6O5. The number of hydrogen-bond donors (Lipinski definition) is 1. The van der Waals surface area contributed by atoms with Crippen LogP contribution in [0.4, 0.5) is 23.4 Å². The monoisotopic (exact) mass is 568 g/mol. The molecule has 0 bridgehead atoms. The summed E-state index contributed by atoms with van der Waals surface area (Å²) in [5.41, 5.74) is 0.892. The van der Waals surface area contributed by atoms with Crippen LogP contribution >= 0.6 is 0 Å². The van der Waals surface area contributed by atoms with Crippen molar-refractivity contribution >= 4 is 12.5 Å². The van der Waals surface area contributed by atoms with Gasteiger partial charge in [-0.2, -0.15) is 0 Å². The number of rotatable bonds is 10. The van der Waals surface area contributed by atoms with E-state index in [0.717, 1.165) is 17.7 Å². The Labute approximate surface area is 227 Å². The predicted octanol–water partition coefficient (Wildman–Crippen LogP) is 3.50. The Morgan fingerprint density at radius 3 is 2.62 bits per heavy atom. The Bertz CT molecular complexity index is 1180. The average Bonchev–Trinajstić information content (AvgIpc) is 2.92. The topological polar surface area (TPSA) is 115 Å². The van der Waals surface area contributed by atoms with Gasteiger partial charge in [-0.05, 0) is 40.8 Å². The summed E-state index contributed by atoms with van der Waals surface area (Å²) in [6.45, 7) is 5.36. The number of anilines is 1. The van der Waals surface area contributed by atoms with Gasteiger partial charge in [0.25, 0.3) is 0 Å². The highest BCUT2D eigenvalue weighted by Gasteiger charge is 2.33. The first-order valence-corrected chi connectivity index (χ1v) is 12.3. The summed E-state index contributed by atoms with van der Waals surface area (Å²) in [5.74, 6) is 0.127. The van der Waals surface area contributed by atoms with Gasteiger partial charge in [-0.3, -0.25) is 0 Å². The zero-order valence-corrected chi connectivity index (χ0v) is 21.3. The lowest BCUT2D eigenvalue weighted by Crippen LogP contribution is -2.47. The third-order valence-corrected chi connectivity index (χ3v) is 6.23. The Morgan fingerprint density at radius 1 is 1.25 bits per heavy atom. The second-order valence-corrected chi connectivity index (χ2v) is 9.20. The Morgan fingerprint density at radius 2 is 2.00 bits per heavy atom. The molecule has 2 aliphatic rings.